The van der Waals surface area contributed by atoms with Gasteiger partial charge in [-0.3, -0.25) is 4.79 Å². The minimum atomic E-state index is -0.0890. The van der Waals surface area contributed by atoms with Crippen LogP contribution in [0.25, 0.3) is 10.9 Å². The predicted molar refractivity (Wildman–Crippen MR) is 94.3 cm³/mol. The van der Waals surface area contributed by atoms with Crippen molar-refractivity contribution < 1.29 is 9.53 Å². The van der Waals surface area contributed by atoms with E-state index in [2.05, 4.69) is 22.4 Å². The van der Waals surface area contributed by atoms with Gasteiger partial charge in [0.15, 0.2) is 0 Å². The smallest absolute Gasteiger partial charge is 0.267 e. The van der Waals surface area contributed by atoms with Gasteiger partial charge >= 0.3 is 0 Å². The lowest BCUT2D eigenvalue weighted by Gasteiger charge is -2.03. The van der Waals surface area contributed by atoms with Crippen LogP contribution in [0.1, 0.15) is 10.5 Å². The summed E-state index contributed by atoms with van der Waals surface area (Å²) in [7, 11) is 1.63. The van der Waals surface area contributed by atoms with Gasteiger partial charge in [-0.25, -0.2) is 0 Å². The molecule has 0 saturated carbocycles. The fourth-order valence-corrected chi connectivity index (χ4v) is 3.09. The third kappa shape index (κ3) is 3.87. The molecule has 0 aliphatic rings. The second-order valence-corrected chi connectivity index (χ2v) is 6.22. The number of H-pyrrole nitrogens is 1. The number of aromatic amines is 1. The van der Waals surface area contributed by atoms with Gasteiger partial charge in [0.05, 0.1) is 7.11 Å². The first-order chi connectivity index (χ1) is 11.3. The van der Waals surface area contributed by atoms with Crippen LogP contribution in [-0.4, -0.2) is 30.3 Å². The summed E-state index contributed by atoms with van der Waals surface area (Å²) in [6.45, 7) is 0.622. The van der Waals surface area contributed by atoms with Crippen LogP contribution in [0.5, 0.6) is 5.75 Å². The molecule has 0 spiro atoms. The third-order valence-electron chi connectivity index (χ3n) is 3.47. The lowest BCUT2D eigenvalue weighted by Crippen LogP contribution is -2.25. The Hall–Kier alpha value is -2.40. The highest BCUT2D eigenvalue weighted by atomic mass is 32.2. The largest absolute Gasteiger partial charge is 0.497 e. The molecule has 0 atom stereocenters. The lowest BCUT2D eigenvalue weighted by molar-refractivity contribution is 0.0952. The van der Waals surface area contributed by atoms with E-state index in [0.29, 0.717) is 12.2 Å². The highest BCUT2D eigenvalue weighted by molar-refractivity contribution is 7.99. The first kappa shape index (κ1) is 15.5. The third-order valence-corrected chi connectivity index (χ3v) is 4.49. The molecule has 3 aromatic rings. The van der Waals surface area contributed by atoms with E-state index in [4.69, 9.17) is 4.74 Å². The summed E-state index contributed by atoms with van der Waals surface area (Å²) in [5.74, 6) is 1.52. The van der Waals surface area contributed by atoms with E-state index in [0.717, 1.165) is 22.4 Å². The molecule has 4 nitrogen and oxygen atoms in total. The van der Waals surface area contributed by atoms with Gasteiger partial charge < -0.3 is 15.0 Å². The molecule has 0 radical (unpaired) electrons. The Kier molecular flexibility index (Phi) is 4.88. The number of methoxy groups -OCH3 is 1. The highest BCUT2D eigenvalue weighted by Gasteiger charge is 2.09. The van der Waals surface area contributed by atoms with Crippen molar-refractivity contribution in [2.45, 2.75) is 4.90 Å². The second-order valence-electron chi connectivity index (χ2n) is 5.05. The number of carbonyl (C=O) groups excluding carboxylic acids is 1. The molecule has 0 unspecified atom stereocenters. The SMILES string of the molecule is COc1ccc2cc(C(=O)NCCSc3ccccc3)[nH]c2c1. The maximum Gasteiger partial charge on any atom is 0.267 e. The molecule has 5 heteroatoms. The van der Waals surface area contributed by atoms with Crippen LogP contribution >= 0.6 is 11.8 Å². The number of amides is 1. The van der Waals surface area contributed by atoms with Gasteiger partial charge in [0.1, 0.15) is 11.4 Å². The van der Waals surface area contributed by atoms with E-state index in [1.54, 1.807) is 18.9 Å². The van der Waals surface area contributed by atoms with Crippen LogP contribution in [0.4, 0.5) is 0 Å². The summed E-state index contributed by atoms with van der Waals surface area (Å²) in [6, 6.07) is 17.7. The maximum absolute atomic E-state index is 12.2. The number of nitrogens with one attached hydrogen (secondary N) is 2. The zero-order valence-electron chi connectivity index (χ0n) is 12.8. The summed E-state index contributed by atoms with van der Waals surface area (Å²) in [5.41, 5.74) is 1.46. The molecule has 1 aromatic heterocycles. The van der Waals surface area contributed by atoms with Gasteiger partial charge in [0.2, 0.25) is 0 Å². The molecule has 0 fully saturated rings. The average molecular weight is 326 g/mol. The normalized spacial score (nSPS) is 10.7. The van der Waals surface area contributed by atoms with Crippen molar-refractivity contribution in [2.24, 2.45) is 0 Å². The van der Waals surface area contributed by atoms with Crippen LogP contribution in [0.3, 0.4) is 0 Å². The van der Waals surface area contributed by atoms with E-state index in [1.165, 1.54) is 4.90 Å². The molecule has 1 heterocycles. The zero-order chi connectivity index (χ0) is 16.1. The van der Waals surface area contributed by atoms with E-state index in [9.17, 15) is 4.79 Å². The number of hydrogen-bond acceptors (Lipinski definition) is 3. The standard InChI is InChI=1S/C18H18N2O2S/c1-22-14-8-7-13-11-17(20-16(13)12-14)18(21)19-9-10-23-15-5-3-2-4-6-15/h2-8,11-12,20H,9-10H2,1H3,(H,19,21). The Morgan fingerprint density at radius 2 is 2.00 bits per heavy atom. The van der Waals surface area contributed by atoms with Crippen LogP contribution in [0.2, 0.25) is 0 Å². The van der Waals surface area contributed by atoms with Crippen molar-refractivity contribution in [3.8, 4) is 5.75 Å². The summed E-state index contributed by atoms with van der Waals surface area (Å²) in [5, 5.41) is 3.93. The summed E-state index contributed by atoms with van der Waals surface area (Å²) < 4.78 is 5.19. The summed E-state index contributed by atoms with van der Waals surface area (Å²) in [4.78, 5) is 16.5. The monoisotopic (exact) mass is 326 g/mol. The molecule has 0 aliphatic carbocycles. The van der Waals surface area contributed by atoms with E-state index >= 15 is 0 Å². The minimum Gasteiger partial charge on any atom is -0.497 e. The number of carbonyl (C=O) groups is 1. The Balaban J connectivity index is 1.55. The molecule has 1 amide bonds. The van der Waals surface area contributed by atoms with Crippen LogP contribution in [0, 0.1) is 0 Å². The van der Waals surface area contributed by atoms with Crippen molar-refractivity contribution >= 4 is 28.6 Å². The van der Waals surface area contributed by atoms with Crippen molar-refractivity contribution in [1.29, 1.82) is 0 Å². The molecule has 2 N–H and O–H groups in total. The number of ether oxygens (including phenoxy) is 1. The summed E-state index contributed by atoms with van der Waals surface area (Å²) >= 11 is 1.73. The van der Waals surface area contributed by atoms with Gasteiger partial charge in [-0.1, -0.05) is 18.2 Å². The maximum atomic E-state index is 12.2. The number of hydrogen-bond donors (Lipinski definition) is 2. The van der Waals surface area contributed by atoms with Crippen LogP contribution in [-0.2, 0) is 0 Å². The quantitative estimate of drug-likeness (QED) is 0.536. The van der Waals surface area contributed by atoms with E-state index in [-0.39, 0.29) is 5.91 Å². The number of aromatic nitrogens is 1. The van der Waals surface area contributed by atoms with Gasteiger partial charge in [0, 0.05) is 34.2 Å². The minimum absolute atomic E-state index is 0.0890. The Morgan fingerprint density at radius 3 is 2.78 bits per heavy atom. The predicted octanol–water partition coefficient (Wildman–Crippen LogP) is 3.70. The van der Waals surface area contributed by atoms with Gasteiger partial charge in [0.25, 0.3) is 5.91 Å². The molecule has 3 rings (SSSR count). The van der Waals surface area contributed by atoms with Crippen molar-refractivity contribution in [1.82, 2.24) is 10.3 Å². The van der Waals surface area contributed by atoms with E-state index < -0.39 is 0 Å². The topological polar surface area (TPSA) is 54.1 Å². The first-order valence-electron chi connectivity index (χ1n) is 7.39. The molecule has 118 valence electrons. The second kappa shape index (κ2) is 7.24. The Bertz CT molecular complexity index is 799. The number of thioether (sulfide) groups is 1. The molecule has 0 aliphatic heterocycles. The van der Waals surface area contributed by atoms with Crippen LogP contribution < -0.4 is 10.1 Å². The Morgan fingerprint density at radius 1 is 1.17 bits per heavy atom. The summed E-state index contributed by atoms with van der Waals surface area (Å²) in [6.07, 6.45) is 0. The molecule has 0 saturated heterocycles. The molecular formula is C18H18N2O2S. The zero-order valence-corrected chi connectivity index (χ0v) is 13.7. The van der Waals surface area contributed by atoms with Crippen molar-refractivity contribution in [2.75, 3.05) is 19.4 Å². The fourth-order valence-electron chi connectivity index (χ4n) is 2.30. The lowest BCUT2D eigenvalue weighted by atomic mass is 10.2. The molecular weight excluding hydrogens is 308 g/mol. The molecule has 2 aromatic carbocycles. The molecule has 23 heavy (non-hydrogen) atoms. The van der Waals surface area contributed by atoms with Crippen molar-refractivity contribution in [3.05, 3.63) is 60.3 Å². The number of fused-ring (bicyclic) bond motifs is 1. The van der Waals surface area contributed by atoms with E-state index in [1.807, 2.05) is 42.5 Å². The van der Waals surface area contributed by atoms with Crippen LogP contribution in [0.15, 0.2) is 59.5 Å². The molecule has 0 bridgehead atoms. The van der Waals surface area contributed by atoms with Crippen molar-refractivity contribution in [3.63, 3.8) is 0 Å². The van der Waals surface area contributed by atoms with Gasteiger partial charge in [-0.2, -0.15) is 0 Å². The average Bonchev–Trinajstić information content (AvgIpc) is 3.02. The fraction of sp³-hybridized carbons (Fsp3) is 0.167. The number of benzene rings is 2. The van der Waals surface area contributed by atoms with Gasteiger partial charge in [-0.15, -0.1) is 11.8 Å². The number of rotatable bonds is 6. The highest BCUT2D eigenvalue weighted by Crippen LogP contribution is 2.21. The first-order valence-corrected chi connectivity index (χ1v) is 8.37. The van der Waals surface area contributed by atoms with Gasteiger partial charge in [-0.05, 0) is 30.3 Å². The Labute approximate surface area is 139 Å².